The lowest BCUT2D eigenvalue weighted by atomic mass is 10.0. The van der Waals surface area contributed by atoms with Gasteiger partial charge in [0.15, 0.2) is 0 Å². The van der Waals surface area contributed by atoms with Crippen molar-refractivity contribution in [2.24, 2.45) is 17.8 Å². The van der Waals surface area contributed by atoms with Gasteiger partial charge in [0.25, 0.3) is 0 Å². The lowest BCUT2D eigenvalue weighted by molar-refractivity contribution is -0.929. The second kappa shape index (κ2) is 18.4. The Kier molecular flexibility index (Phi) is 17.4. The summed E-state index contributed by atoms with van der Waals surface area (Å²) in [6, 6.07) is 0. The minimum atomic E-state index is -1.08. The molecule has 3 unspecified atom stereocenters. The zero-order valence-corrected chi connectivity index (χ0v) is 22.0. The van der Waals surface area contributed by atoms with E-state index in [2.05, 4.69) is 19.1 Å². The zero-order chi connectivity index (χ0) is 26.0. The van der Waals surface area contributed by atoms with Crippen molar-refractivity contribution >= 4 is 17.9 Å². The molecular formula is C27H49NO6. The largest absolute Gasteiger partial charge is 0.550 e. The third-order valence-corrected chi connectivity index (χ3v) is 7.00. The molecule has 0 amide bonds. The van der Waals surface area contributed by atoms with Gasteiger partial charge in [0.05, 0.1) is 38.0 Å². The number of carboxylic acid groups (broad SMARTS) is 3. The van der Waals surface area contributed by atoms with E-state index < -0.39 is 35.7 Å². The summed E-state index contributed by atoms with van der Waals surface area (Å²) < 4.78 is 0.569. The molecule has 7 heteroatoms. The Balaban J connectivity index is 5.13. The van der Waals surface area contributed by atoms with Crippen LogP contribution in [0.15, 0.2) is 12.2 Å². The minimum Gasteiger partial charge on any atom is -0.550 e. The van der Waals surface area contributed by atoms with Gasteiger partial charge in [-0.3, -0.25) is 9.59 Å². The van der Waals surface area contributed by atoms with Gasteiger partial charge in [0.2, 0.25) is 0 Å². The topological polar surface area (TPSA) is 115 Å². The summed E-state index contributed by atoms with van der Waals surface area (Å²) in [6.45, 7) is 9.82. The van der Waals surface area contributed by atoms with Crippen molar-refractivity contribution in [1.82, 2.24) is 0 Å². The molecule has 0 aliphatic carbocycles. The van der Waals surface area contributed by atoms with Crippen LogP contribution in [-0.4, -0.2) is 58.8 Å². The fourth-order valence-electron chi connectivity index (χ4n) is 4.07. The van der Waals surface area contributed by atoms with E-state index in [-0.39, 0.29) is 0 Å². The monoisotopic (exact) mass is 483 g/mol. The van der Waals surface area contributed by atoms with Crippen LogP contribution >= 0.6 is 0 Å². The molecule has 0 bridgehead atoms. The van der Waals surface area contributed by atoms with Crippen molar-refractivity contribution in [1.29, 1.82) is 0 Å². The average molecular weight is 484 g/mol. The predicted octanol–water partition coefficient (Wildman–Crippen LogP) is 4.50. The number of unbranched alkanes of at least 4 members (excludes halogenated alkanes) is 6. The van der Waals surface area contributed by atoms with E-state index in [9.17, 15) is 29.7 Å². The molecule has 0 aliphatic rings. The van der Waals surface area contributed by atoms with E-state index in [1.807, 2.05) is 0 Å². The van der Waals surface area contributed by atoms with Gasteiger partial charge in [-0.1, -0.05) is 52.7 Å². The summed E-state index contributed by atoms with van der Waals surface area (Å²) in [6.07, 6.45) is 14.9. The number of rotatable bonds is 22. The Hall–Kier alpha value is -1.89. The van der Waals surface area contributed by atoms with Crippen molar-refractivity contribution < 1.29 is 34.2 Å². The first-order valence-corrected chi connectivity index (χ1v) is 13.2. The highest BCUT2D eigenvalue weighted by molar-refractivity contribution is 5.69. The second-order valence-corrected chi connectivity index (χ2v) is 10.1. The van der Waals surface area contributed by atoms with Crippen LogP contribution < -0.4 is 5.11 Å². The van der Waals surface area contributed by atoms with E-state index in [1.165, 1.54) is 19.3 Å². The fourth-order valence-corrected chi connectivity index (χ4v) is 4.07. The number of carbonyl (C=O) groups is 3. The highest BCUT2D eigenvalue weighted by Gasteiger charge is 2.30. The molecule has 0 heterocycles. The normalized spacial score (nSPS) is 16.1. The van der Waals surface area contributed by atoms with Gasteiger partial charge < -0.3 is 24.6 Å². The Morgan fingerprint density at radius 3 is 1.56 bits per heavy atom. The van der Waals surface area contributed by atoms with Crippen LogP contribution in [0.1, 0.15) is 98.3 Å². The zero-order valence-electron chi connectivity index (χ0n) is 22.0. The first-order valence-electron chi connectivity index (χ1n) is 13.2. The number of carbonyl (C=O) groups excluding carboxylic acids is 1. The number of hydrogen-bond acceptors (Lipinski definition) is 4. The molecule has 0 radical (unpaired) electrons. The van der Waals surface area contributed by atoms with Gasteiger partial charge in [-0.05, 0) is 38.5 Å². The Labute approximate surface area is 206 Å². The molecule has 0 spiro atoms. The number of hydrogen-bond donors (Lipinski definition) is 2. The van der Waals surface area contributed by atoms with Gasteiger partial charge in [0, 0.05) is 31.1 Å². The molecule has 0 fully saturated rings. The maximum atomic E-state index is 11.4. The van der Waals surface area contributed by atoms with Crippen LogP contribution in [0.2, 0.25) is 0 Å². The summed E-state index contributed by atoms with van der Waals surface area (Å²) >= 11 is 0. The Bertz CT molecular complexity index is 558. The van der Waals surface area contributed by atoms with Crippen LogP contribution in [0.5, 0.6) is 0 Å². The molecule has 198 valence electrons. The lowest BCUT2D eigenvalue weighted by Gasteiger charge is -2.41. The number of allylic oxidation sites excluding steroid dienone is 2. The Morgan fingerprint density at radius 1 is 0.706 bits per heavy atom. The summed E-state index contributed by atoms with van der Waals surface area (Å²) in [4.78, 5) is 34.1. The standard InChI is InChI=1S/C27H49NO6/c1-5-6-7-8-9-10-11-12-13-14-18-28(19-15-22(2)25(29)30,20-16-23(3)26(31)32)21-17-24(4)27(33)34/h9-10,22-24H,5-8,11-21H2,1-4H3,(H2-,29,30,31,32,33,34)/b10-9+. The highest BCUT2D eigenvalue weighted by atomic mass is 16.4. The lowest BCUT2D eigenvalue weighted by Crippen LogP contribution is -2.52. The molecule has 3 atom stereocenters. The maximum absolute atomic E-state index is 11.4. The average Bonchev–Trinajstić information content (AvgIpc) is 2.79. The Morgan fingerprint density at radius 2 is 1.15 bits per heavy atom. The van der Waals surface area contributed by atoms with Crippen LogP contribution in [-0.2, 0) is 14.4 Å². The molecule has 0 aromatic heterocycles. The first-order chi connectivity index (χ1) is 16.0. The van der Waals surface area contributed by atoms with Crippen molar-refractivity contribution in [3.05, 3.63) is 12.2 Å². The molecule has 0 aromatic rings. The van der Waals surface area contributed by atoms with E-state index in [1.54, 1.807) is 20.8 Å². The number of quaternary nitrogens is 1. The van der Waals surface area contributed by atoms with E-state index in [4.69, 9.17) is 0 Å². The highest BCUT2D eigenvalue weighted by Crippen LogP contribution is 2.21. The van der Waals surface area contributed by atoms with Gasteiger partial charge in [-0.25, -0.2) is 0 Å². The third kappa shape index (κ3) is 15.1. The van der Waals surface area contributed by atoms with Crippen molar-refractivity contribution in [2.45, 2.75) is 98.3 Å². The molecule has 0 rings (SSSR count). The molecule has 7 nitrogen and oxygen atoms in total. The van der Waals surface area contributed by atoms with Gasteiger partial charge in [-0.2, -0.15) is 0 Å². The number of nitrogens with zero attached hydrogens (tertiary/aromatic N) is 1. The molecule has 34 heavy (non-hydrogen) atoms. The fraction of sp³-hybridized carbons (Fsp3) is 0.815. The molecule has 0 aliphatic heterocycles. The minimum absolute atomic E-state index is 0.436. The van der Waals surface area contributed by atoms with E-state index in [0.29, 0.717) is 43.4 Å². The quantitative estimate of drug-likeness (QED) is 0.133. The molecule has 2 N–H and O–H groups in total. The van der Waals surface area contributed by atoms with Crippen molar-refractivity contribution in [3.8, 4) is 0 Å². The van der Waals surface area contributed by atoms with Crippen molar-refractivity contribution in [3.63, 3.8) is 0 Å². The van der Waals surface area contributed by atoms with Crippen LogP contribution in [0, 0.1) is 17.8 Å². The summed E-state index contributed by atoms with van der Waals surface area (Å²) in [5, 5.41) is 30.0. The van der Waals surface area contributed by atoms with Gasteiger partial charge in [0.1, 0.15) is 0 Å². The van der Waals surface area contributed by atoms with Gasteiger partial charge >= 0.3 is 11.9 Å². The van der Waals surface area contributed by atoms with Gasteiger partial charge in [-0.15, -0.1) is 0 Å². The summed E-state index contributed by atoms with van der Waals surface area (Å²) in [5.74, 6) is -4.35. The first kappa shape index (κ1) is 32.1. The number of aliphatic carboxylic acids is 3. The van der Waals surface area contributed by atoms with Crippen LogP contribution in [0.4, 0.5) is 0 Å². The van der Waals surface area contributed by atoms with Crippen LogP contribution in [0.3, 0.4) is 0 Å². The molecule has 0 aromatic carbocycles. The smallest absolute Gasteiger partial charge is 0.306 e. The molecule has 0 saturated carbocycles. The van der Waals surface area contributed by atoms with Crippen LogP contribution in [0.25, 0.3) is 0 Å². The molecular weight excluding hydrogens is 434 g/mol. The van der Waals surface area contributed by atoms with Crippen molar-refractivity contribution in [2.75, 3.05) is 26.2 Å². The maximum Gasteiger partial charge on any atom is 0.306 e. The second-order valence-electron chi connectivity index (χ2n) is 10.1. The third-order valence-electron chi connectivity index (χ3n) is 7.00. The predicted molar refractivity (Wildman–Crippen MR) is 133 cm³/mol. The molecule has 0 saturated heterocycles. The summed E-state index contributed by atoms with van der Waals surface area (Å²) in [7, 11) is 0. The van der Waals surface area contributed by atoms with E-state index >= 15 is 0 Å². The number of carboxylic acids is 3. The van der Waals surface area contributed by atoms with E-state index in [0.717, 1.165) is 38.6 Å². The SMILES string of the molecule is CCCCC/C=C/CCCCC[N+](CCC(C)C(=O)[O-])(CCC(C)C(=O)O)CCC(C)C(=O)O. The summed E-state index contributed by atoms with van der Waals surface area (Å²) in [5.41, 5.74) is 0.